The van der Waals surface area contributed by atoms with Crippen molar-refractivity contribution in [1.82, 2.24) is 20.0 Å². The van der Waals surface area contributed by atoms with E-state index < -0.39 is 0 Å². The first kappa shape index (κ1) is 8.68. The summed E-state index contributed by atoms with van der Waals surface area (Å²) in [5.74, 6) is 0.511. The lowest BCUT2D eigenvalue weighted by Gasteiger charge is -1.94. The van der Waals surface area contributed by atoms with Crippen molar-refractivity contribution in [1.29, 1.82) is 0 Å². The molecule has 5 heteroatoms. The lowest BCUT2D eigenvalue weighted by Crippen LogP contribution is -1.93. The molecule has 0 bridgehead atoms. The second kappa shape index (κ2) is 3.45. The normalized spacial score (nSPS) is 10.4. The van der Waals surface area contributed by atoms with Gasteiger partial charge in [-0.15, -0.1) is 5.10 Å². The fourth-order valence-corrected chi connectivity index (χ4v) is 1.14. The average molecular weight is 189 g/mol. The molecule has 2 aromatic heterocycles. The molecule has 0 spiro atoms. The maximum Gasteiger partial charge on any atom is 0.123 e. The molecule has 0 fully saturated rings. The Hall–Kier alpha value is -1.91. The molecule has 0 saturated heterocycles. The van der Waals surface area contributed by atoms with E-state index in [1.165, 1.54) is 0 Å². The van der Waals surface area contributed by atoms with Crippen LogP contribution in [0.25, 0.3) is 11.3 Å². The maximum atomic E-state index is 5.48. The summed E-state index contributed by atoms with van der Waals surface area (Å²) < 4.78 is 1.77. The Labute approximate surface area is 81.6 Å². The molecule has 2 rings (SSSR count). The summed E-state index contributed by atoms with van der Waals surface area (Å²) in [4.78, 5) is 3.99. The molecule has 14 heavy (non-hydrogen) atoms. The molecule has 0 aromatic carbocycles. The van der Waals surface area contributed by atoms with Gasteiger partial charge in [-0.2, -0.15) is 0 Å². The van der Waals surface area contributed by atoms with Crippen molar-refractivity contribution in [3.05, 3.63) is 24.5 Å². The van der Waals surface area contributed by atoms with Gasteiger partial charge in [0, 0.05) is 18.3 Å². The third kappa shape index (κ3) is 1.56. The van der Waals surface area contributed by atoms with E-state index in [1.807, 2.05) is 19.2 Å². The molecule has 0 atom stereocenters. The van der Waals surface area contributed by atoms with Crippen LogP contribution in [-0.4, -0.2) is 20.0 Å². The van der Waals surface area contributed by atoms with Gasteiger partial charge in [0.05, 0.1) is 6.20 Å². The van der Waals surface area contributed by atoms with Gasteiger partial charge in [0.25, 0.3) is 0 Å². The van der Waals surface area contributed by atoms with Crippen molar-refractivity contribution in [2.45, 2.75) is 13.5 Å². The molecule has 0 aliphatic carbocycles. The van der Waals surface area contributed by atoms with Crippen molar-refractivity contribution in [2.24, 2.45) is 0 Å². The SMILES string of the molecule is CCn1cc(-c2ccc(N)nc2)nn1. The number of anilines is 1. The molecule has 0 radical (unpaired) electrons. The van der Waals surface area contributed by atoms with E-state index in [1.54, 1.807) is 16.9 Å². The number of aryl methyl sites for hydroxylation is 1. The Kier molecular flexibility index (Phi) is 2.14. The number of hydrogen-bond acceptors (Lipinski definition) is 4. The Morgan fingerprint density at radius 1 is 1.43 bits per heavy atom. The summed E-state index contributed by atoms with van der Waals surface area (Å²) in [6, 6.07) is 3.63. The van der Waals surface area contributed by atoms with Crippen LogP contribution in [0.2, 0.25) is 0 Å². The van der Waals surface area contributed by atoms with Gasteiger partial charge in [0.1, 0.15) is 11.5 Å². The van der Waals surface area contributed by atoms with Crippen LogP contribution in [0.4, 0.5) is 5.82 Å². The third-order valence-electron chi connectivity index (χ3n) is 1.94. The van der Waals surface area contributed by atoms with Crippen molar-refractivity contribution in [2.75, 3.05) is 5.73 Å². The van der Waals surface area contributed by atoms with Crippen LogP contribution in [0, 0.1) is 0 Å². The minimum atomic E-state index is 0.511. The molecule has 0 aliphatic heterocycles. The number of nitrogens with two attached hydrogens (primary N) is 1. The van der Waals surface area contributed by atoms with Crippen LogP contribution in [-0.2, 0) is 6.54 Å². The van der Waals surface area contributed by atoms with Crippen LogP contribution in [0.3, 0.4) is 0 Å². The van der Waals surface area contributed by atoms with E-state index in [0.717, 1.165) is 17.8 Å². The summed E-state index contributed by atoms with van der Waals surface area (Å²) in [5.41, 5.74) is 7.23. The van der Waals surface area contributed by atoms with E-state index >= 15 is 0 Å². The van der Waals surface area contributed by atoms with Crippen molar-refractivity contribution in [3.8, 4) is 11.3 Å². The Balaban J connectivity index is 2.34. The van der Waals surface area contributed by atoms with E-state index in [0.29, 0.717) is 5.82 Å². The predicted molar refractivity (Wildman–Crippen MR) is 53.3 cm³/mol. The molecule has 0 amide bonds. The van der Waals surface area contributed by atoms with Crippen LogP contribution >= 0.6 is 0 Å². The minimum absolute atomic E-state index is 0.511. The highest BCUT2D eigenvalue weighted by Gasteiger charge is 2.02. The number of pyridine rings is 1. The molecule has 0 aliphatic rings. The second-order valence-electron chi connectivity index (χ2n) is 2.93. The average Bonchev–Trinajstić information content (AvgIpc) is 2.67. The lowest BCUT2D eigenvalue weighted by molar-refractivity contribution is 0.627. The van der Waals surface area contributed by atoms with Gasteiger partial charge in [0.15, 0.2) is 0 Å². The molecule has 2 heterocycles. The summed E-state index contributed by atoms with van der Waals surface area (Å²) in [6.07, 6.45) is 3.58. The van der Waals surface area contributed by atoms with E-state index in [9.17, 15) is 0 Å². The van der Waals surface area contributed by atoms with Crippen molar-refractivity contribution >= 4 is 5.82 Å². The zero-order valence-corrected chi connectivity index (χ0v) is 7.88. The predicted octanol–water partition coefficient (Wildman–Crippen LogP) is 0.942. The first-order chi connectivity index (χ1) is 6.79. The van der Waals surface area contributed by atoms with Crippen LogP contribution in [0.15, 0.2) is 24.5 Å². The summed E-state index contributed by atoms with van der Waals surface area (Å²) in [6.45, 7) is 2.83. The number of nitrogens with zero attached hydrogens (tertiary/aromatic N) is 4. The van der Waals surface area contributed by atoms with Crippen LogP contribution in [0.1, 0.15) is 6.92 Å². The van der Waals surface area contributed by atoms with Crippen molar-refractivity contribution < 1.29 is 0 Å². The number of rotatable bonds is 2. The fraction of sp³-hybridized carbons (Fsp3) is 0.222. The number of aromatic nitrogens is 4. The van der Waals surface area contributed by atoms with Crippen LogP contribution < -0.4 is 5.73 Å². The molecular formula is C9H11N5. The molecule has 0 unspecified atom stereocenters. The van der Waals surface area contributed by atoms with E-state index in [2.05, 4.69) is 15.3 Å². The Morgan fingerprint density at radius 3 is 2.86 bits per heavy atom. The van der Waals surface area contributed by atoms with Gasteiger partial charge in [-0.1, -0.05) is 5.21 Å². The summed E-state index contributed by atoms with van der Waals surface area (Å²) in [7, 11) is 0. The maximum absolute atomic E-state index is 5.48. The third-order valence-corrected chi connectivity index (χ3v) is 1.94. The lowest BCUT2D eigenvalue weighted by atomic mass is 10.2. The largest absolute Gasteiger partial charge is 0.384 e. The minimum Gasteiger partial charge on any atom is -0.384 e. The smallest absolute Gasteiger partial charge is 0.123 e. The molecule has 72 valence electrons. The quantitative estimate of drug-likeness (QED) is 0.763. The number of nitrogen functional groups attached to an aromatic ring is 1. The Morgan fingerprint density at radius 2 is 2.29 bits per heavy atom. The van der Waals surface area contributed by atoms with Crippen molar-refractivity contribution in [3.63, 3.8) is 0 Å². The van der Waals surface area contributed by atoms with Gasteiger partial charge in [0.2, 0.25) is 0 Å². The zero-order valence-electron chi connectivity index (χ0n) is 7.88. The molecule has 2 N–H and O–H groups in total. The van der Waals surface area contributed by atoms with Gasteiger partial charge >= 0.3 is 0 Å². The molecule has 0 saturated carbocycles. The van der Waals surface area contributed by atoms with Gasteiger partial charge in [-0.05, 0) is 19.1 Å². The fourth-order valence-electron chi connectivity index (χ4n) is 1.14. The monoisotopic (exact) mass is 189 g/mol. The molecule has 2 aromatic rings. The van der Waals surface area contributed by atoms with Crippen LogP contribution in [0.5, 0.6) is 0 Å². The van der Waals surface area contributed by atoms with E-state index in [4.69, 9.17) is 5.73 Å². The summed E-state index contributed by atoms with van der Waals surface area (Å²) in [5, 5.41) is 7.96. The highest BCUT2D eigenvalue weighted by atomic mass is 15.4. The molecular weight excluding hydrogens is 178 g/mol. The highest BCUT2D eigenvalue weighted by molar-refractivity contribution is 5.57. The first-order valence-corrected chi connectivity index (χ1v) is 4.41. The molecule has 5 nitrogen and oxygen atoms in total. The first-order valence-electron chi connectivity index (χ1n) is 4.41. The van der Waals surface area contributed by atoms with Gasteiger partial charge in [-0.3, -0.25) is 4.68 Å². The summed E-state index contributed by atoms with van der Waals surface area (Å²) >= 11 is 0. The van der Waals surface area contributed by atoms with Gasteiger partial charge in [-0.25, -0.2) is 4.98 Å². The zero-order chi connectivity index (χ0) is 9.97. The standard InChI is InChI=1S/C9H11N5/c1-2-14-6-8(12-13-14)7-3-4-9(10)11-5-7/h3-6H,2H2,1H3,(H2,10,11). The van der Waals surface area contributed by atoms with E-state index in [-0.39, 0.29) is 0 Å². The second-order valence-corrected chi connectivity index (χ2v) is 2.93. The van der Waals surface area contributed by atoms with Gasteiger partial charge < -0.3 is 5.73 Å². The topological polar surface area (TPSA) is 69.6 Å². The number of hydrogen-bond donors (Lipinski definition) is 1. The highest BCUT2D eigenvalue weighted by Crippen LogP contribution is 2.15. The Bertz CT molecular complexity index is 417.